The van der Waals surface area contributed by atoms with Crippen LogP contribution in [0.4, 0.5) is 4.39 Å². The molecule has 164 valence electrons. The summed E-state index contributed by atoms with van der Waals surface area (Å²) < 4.78 is 23.6. The van der Waals surface area contributed by atoms with E-state index in [-0.39, 0.29) is 11.7 Å². The Morgan fingerprint density at radius 2 is 1.77 bits per heavy atom. The molecule has 0 atom stereocenters. The van der Waals surface area contributed by atoms with Gasteiger partial charge in [0.25, 0.3) is 0 Å². The number of nitrogens with one attached hydrogen (secondary N) is 1. The Labute approximate surface area is 182 Å². The maximum Gasteiger partial charge on any atom is 0.222 e. The topological polar surface area (TPSA) is 67.5 Å². The molecule has 0 bridgehead atoms. The third kappa shape index (κ3) is 6.07. The fourth-order valence-corrected chi connectivity index (χ4v) is 3.37. The van der Waals surface area contributed by atoms with E-state index >= 15 is 0 Å². The quantitative estimate of drug-likeness (QED) is 0.527. The van der Waals surface area contributed by atoms with Crippen molar-refractivity contribution in [2.45, 2.75) is 25.7 Å². The second-order valence-electron chi connectivity index (χ2n) is 7.39. The number of methoxy groups -OCH3 is 2. The molecule has 31 heavy (non-hydrogen) atoms. The number of hydrogen-bond donors (Lipinski definition) is 1. The Balaban J connectivity index is 1.44. The zero-order chi connectivity index (χ0) is 22.2. The van der Waals surface area contributed by atoms with Crippen molar-refractivity contribution in [3.63, 3.8) is 0 Å². The van der Waals surface area contributed by atoms with Crippen molar-refractivity contribution in [1.82, 2.24) is 15.1 Å². The van der Waals surface area contributed by atoms with Crippen molar-refractivity contribution in [2.75, 3.05) is 27.8 Å². The molecule has 1 N–H and O–H groups in total. The van der Waals surface area contributed by atoms with E-state index < -0.39 is 0 Å². The number of aryl methyl sites for hydroxylation is 2. The molecule has 0 aliphatic heterocycles. The lowest BCUT2D eigenvalue weighted by atomic mass is 10.1. The molecule has 0 saturated carbocycles. The number of rotatable bonds is 10. The molecule has 0 fully saturated rings. The first kappa shape index (κ1) is 22.3. The van der Waals surface area contributed by atoms with E-state index in [4.69, 9.17) is 9.47 Å². The van der Waals surface area contributed by atoms with Crippen LogP contribution in [-0.4, -0.2) is 48.8 Å². The predicted molar refractivity (Wildman–Crippen MR) is 118 cm³/mol. The molecule has 3 rings (SSSR count). The number of benzene rings is 2. The lowest BCUT2D eigenvalue weighted by Crippen LogP contribution is -2.28. The SMILES string of the molecule is COc1ccc(CCC(=O)N(C)CCCc2cc(-c3ccc(F)cc3)n[nH]2)cc1OC. The van der Waals surface area contributed by atoms with Crippen molar-refractivity contribution >= 4 is 5.91 Å². The lowest BCUT2D eigenvalue weighted by molar-refractivity contribution is -0.129. The molecule has 0 unspecified atom stereocenters. The fourth-order valence-electron chi connectivity index (χ4n) is 3.37. The van der Waals surface area contributed by atoms with Gasteiger partial charge in [-0.25, -0.2) is 4.39 Å². The van der Waals surface area contributed by atoms with Gasteiger partial charge in [-0.15, -0.1) is 0 Å². The van der Waals surface area contributed by atoms with Crippen LogP contribution in [0.5, 0.6) is 11.5 Å². The number of ether oxygens (including phenoxy) is 2. The third-order valence-electron chi connectivity index (χ3n) is 5.21. The molecule has 0 spiro atoms. The van der Waals surface area contributed by atoms with E-state index in [9.17, 15) is 9.18 Å². The highest BCUT2D eigenvalue weighted by molar-refractivity contribution is 5.76. The average molecular weight is 426 g/mol. The fraction of sp³-hybridized carbons (Fsp3) is 0.333. The largest absolute Gasteiger partial charge is 0.493 e. The number of amides is 1. The lowest BCUT2D eigenvalue weighted by Gasteiger charge is -2.17. The highest BCUT2D eigenvalue weighted by Gasteiger charge is 2.11. The standard InChI is InChI=1S/C24H28FN3O3/c1-28(24(29)13-7-17-6-12-22(30-2)23(15-17)31-3)14-4-5-20-16-21(27-26-20)18-8-10-19(25)11-9-18/h6,8-12,15-16H,4-5,7,13-14H2,1-3H3,(H,26,27). The summed E-state index contributed by atoms with van der Waals surface area (Å²) in [6, 6.07) is 13.9. The van der Waals surface area contributed by atoms with Gasteiger partial charge >= 0.3 is 0 Å². The van der Waals surface area contributed by atoms with Gasteiger partial charge in [-0.1, -0.05) is 6.07 Å². The summed E-state index contributed by atoms with van der Waals surface area (Å²) >= 11 is 0. The van der Waals surface area contributed by atoms with E-state index in [1.165, 1.54) is 12.1 Å². The molecule has 6 nitrogen and oxygen atoms in total. The van der Waals surface area contributed by atoms with Crippen LogP contribution in [0.15, 0.2) is 48.5 Å². The first-order valence-corrected chi connectivity index (χ1v) is 10.2. The van der Waals surface area contributed by atoms with Gasteiger partial charge in [-0.05, 0) is 67.3 Å². The number of H-pyrrole nitrogens is 1. The summed E-state index contributed by atoms with van der Waals surface area (Å²) in [5, 5.41) is 7.31. The first-order chi connectivity index (χ1) is 15.0. The molecular weight excluding hydrogens is 397 g/mol. The zero-order valence-electron chi connectivity index (χ0n) is 18.2. The Hall–Kier alpha value is -3.35. The number of carbonyl (C=O) groups is 1. The maximum absolute atomic E-state index is 13.1. The maximum atomic E-state index is 13.1. The van der Waals surface area contributed by atoms with Gasteiger partial charge in [-0.3, -0.25) is 9.89 Å². The van der Waals surface area contributed by atoms with Crippen molar-refractivity contribution in [1.29, 1.82) is 0 Å². The van der Waals surface area contributed by atoms with Gasteiger partial charge in [0.1, 0.15) is 5.82 Å². The third-order valence-corrected chi connectivity index (χ3v) is 5.21. The number of aromatic nitrogens is 2. The van der Waals surface area contributed by atoms with Crippen LogP contribution in [0.1, 0.15) is 24.1 Å². The van der Waals surface area contributed by atoms with Crippen LogP contribution in [0.3, 0.4) is 0 Å². The van der Waals surface area contributed by atoms with Crippen molar-refractivity contribution in [2.24, 2.45) is 0 Å². The average Bonchev–Trinajstić information content (AvgIpc) is 3.26. The second kappa shape index (κ2) is 10.6. The molecule has 0 saturated heterocycles. The first-order valence-electron chi connectivity index (χ1n) is 10.2. The van der Waals surface area contributed by atoms with Crippen LogP contribution in [-0.2, 0) is 17.6 Å². The van der Waals surface area contributed by atoms with Crippen LogP contribution >= 0.6 is 0 Å². The van der Waals surface area contributed by atoms with Crippen molar-refractivity contribution in [3.05, 3.63) is 65.6 Å². The van der Waals surface area contributed by atoms with Gasteiger partial charge in [0.05, 0.1) is 19.9 Å². The van der Waals surface area contributed by atoms with Crippen LogP contribution in [0.2, 0.25) is 0 Å². The van der Waals surface area contributed by atoms with Gasteiger partial charge in [0.2, 0.25) is 5.91 Å². The Morgan fingerprint density at radius 1 is 1.03 bits per heavy atom. The summed E-state index contributed by atoms with van der Waals surface area (Å²) in [6.45, 7) is 0.662. The van der Waals surface area contributed by atoms with Crippen molar-refractivity contribution < 1.29 is 18.7 Å². The number of carbonyl (C=O) groups excluding carboxylic acids is 1. The summed E-state index contributed by atoms with van der Waals surface area (Å²) in [7, 11) is 5.03. The predicted octanol–water partition coefficient (Wildman–Crippen LogP) is 4.26. The van der Waals surface area contributed by atoms with E-state index in [1.807, 2.05) is 31.3 Å². The summed E-state index contributed by atoms with van der Waals surface area (Å²) in [6.07, 6.45) is 2.68. The van der Waals surface area contributed by atoms with E-state index in [2.05, 4.69) is 10.2 Å². The Kier molecular flexibility index (Phi) is 7.65. The molecule has 1 heterocycles. The minimum atomic E-state index is -0.265. The van der Waals surface area contributed by atoms with Crippen molar-refractivity contribution in [3.8, 4) is 22.8 Å². The zero-order valence-corrected chi connectivity index (χ0v) is 18.2. The number of aromatic amines is 1. The second-order valence-corrected chi connectivity index (χ2v) is 7.39. The summed E-state index contributed by atoms with van der Waals surface area (Å²) in [4.78, 5) is 14.2. The molecule has 0 radical (unpaired) electrons. The summed E-state index contributed by atoms with van der Waals surface area (Å²) in [5.41, 5.74) is 3.68. The van der Waals surface area contributed by atoms with Gasteiger partial charge in [0, 0.05) is 31.3 Å². The van der Waals surface area contributed by atoms with E-state index in [0.29, 0.717) is 30.9 Å². The molecule has 3 aromatic rings. The monoisotopic (exact) mass is 425 g/mol. The molecule has 1 aromatic heterocycles. The molecular formula is C24H28FN3O3. The van der Waals surface area contributed by atoms with Gasteiger partial charge in [0.15, 0.2) is 11.5 Å². The normalized spacial score (nSPS) is 10.7. The molecule has 1 amide bonds. The van der Waals surface area contributed by atoms with E-state index in [1.54, 1.807) is 31.3 Å². The highest BCUT2D eigenvalue weighted by atomic mass is 19.1. The minimum absolute atomic E-state index is 0.103. The van der Waals surface area contributed by atoms with Gasteiger partial charge < -0.3 is 14.4 Å². The summed E-state index contributed by atoms with van der Waals surface area (Å²) in [5.74, 6) is 1.18. The molecule has 7 heteroatoms. The Morgan fingerprint density at radius 3 is 2.48 bits per heavy atom. The number of nitrogens with zero attached hydrogens (tertiary/aromatic N) is 2. The molecule has 0 aliphatic carbocycles. The van der Waals surface area contributed by atoms with E-state index in [0.717, 1.165) is 35.4 Å². The molecule has 0 aliphatic rings. The molecule has 2 aromatic carbocycles. The van der Waals surface area contributed by atoms with Gasteiger partial charge in [-0.2, -0.15) is 5.10 Å². The smallest absolute Gasteiger partial charge is 0.222 e. The number of hydrogen-bond acceptors (Lipinski definition) is 4. The Bertz CT molecular complexity index is 1000. The van der Waals surface area contributed by atoms with Crippen LogP contribution < -0.4 is 9.47 Å². The minimum Gasteiger partial charge on any atom is -0.493 e. The highest BCUT2D eigenvalue weighted by Crippen LogP contribution is 2.28. The van der Waals surface area contributed by atoms with Crippen LogP contribution in [0.25, 0.3) is 11.3 Å². The number of halogens is 1. The van der Waals surface area contributed by atoms with Crippen LogP contribution in [0, 0.1) is 5.82 Å².